The summed E-state index contributed by atoms with van der Waals surface area (Å²) >= 11 is 0. The van der Waals surface area contributed by atoms with Crippen LogP contribution in [-0.4, -0.2) is 37.8 Å². The van der Waals surface area contributed by atoms with Gasteiger partial charge in [-0.05, 0) is 24.5 Å². The molecule has 1 aromatic carbocycles. The van der Waals surface area contributed by atoms with Crippen molar-refractivity contribution in [3.8, 4) is 0 Å². The van der Waals surface area contributed by atoms with Gasteiger partial charge in [0, 0.05) is 13.6 Å². The van der Waals surface area contributed by atoms with Gasteiger partial charge in [-0.1, -0.05) is 24.3 Å². The quantitative estimate of drug-likeness (QED) is 0.841. The summed E-state index contributed by atoms with van der Waals surface area (Å²) in [6.07, 6.45) is 0.458. The molecule has 1 aliphatic heterocycles. The number of benzene rings is 1. The standard InChI is InChI=1S/C14H19NO3S/c1-11-5-3-4-6-12(11)9-15(2)14(16)13-7-8-19(17,18)10-13/h3-6,13H,7-10H2,1-2H3. The van der Waals surface area contributed by atoms with Crippen LogP contribution in [0.2, 0.25) is 0 Å². The second-order valence-electron chi connectivity index (χ2n) is 5.22. The van der Waals surface area contributed by atoms with Gasteiger partial charge in [0.15, 0.2) is 9.84 Å². The highest BCUT2D eigenvalue weighted by Gasteiger charge is 2.34. The molecular formula is C14H19NO3S. The van der Waals surface area contributed by atoms with Gasteiger partial charge < -0.3 is 4.90 Å². The second-order valence-corrected chi connectivity index (χ2v) is 7.45. The van der Waals surface area contributed by atoms with E-state index in [9.17, 15) is 13.2 Å². The predicted molar refractivity (Wildman–Crippen MR) is 74.4 cm³/mol. The fourth-order valence-corrected chi connectivity index (χ4v) is 4.15. The van der Waals surface area contributed by atoms with Crippen molar-refractivity contribution in [3.05, 3.63) is 35.4 Å². The number of carbonyl (C=O) groups is 1. The normalized spacial score (nSPS) is 21.3. The molecule has 1 atom stereocenters. The number of hydrogen-bond acceptors (Lipinski definition) is 3. The Kier molecular flexibility index (Phi) is 3.94. The number of nitrogens with zero attached hydrogens (tertiary/aromatic N) is 1. The van der Waals surface area contributed by atoms with Crippen molar-refractivity contribution in [3.63, 3.8) is 0 Å². The molecule has 19 heavy (non-hydrogen) atoms. The molecule has 0 bridgehead atoms. The summed E-state index contributed by atoms with van der Waals surface area (Å²) in [5, 5.41) is 0. The van der Waals surface area contributed by atoms with Crippen molar-refractivity contribution in [2.75, 3.05) is 18.6 Å². The lowest BCUT2D eigenvalue weighted by atomic mass is 10.1. The van der Waals surface area contributed by atoms with E-state index < -0.39 is 9.84 Å². The minimum atomic E-state index is -3.00. The first-order chi connectivity index (χ1) is 8.89. The fraction of sp³-hybridized carbons (Fsp3) is 0.500. The maximum Gasteiger partial charge on any atom is 0.226 e. The van der Waals surface area contributed by atoms with Gasteiger partial charge in [0.2, 0.25) is 5.91 Å². The van der Waals surface area contributed by atoms with Crippen molar-refractivity contribution in [1.82, 2.24) is 4.90 Å². The first-order valence-electron chi connectivity index (χ1n) is 6.39. The largest absolute Gasteiger partial charge is 0.341 e. The number of amides is 1. The van der Waals surface area contributed by atoms with Gasteiger partial charge in [-0.2, -0.15) is 0 Å². The Morgan fingerprint density at radius 1 is 1.37 bits per heavy atom. The molecule has 2 rings (SSSR count). The third-order valence-corrected chi connectivity index (χ3v) is 5.39. The summed E-state index contributed by atoms with van der Waals surface area (Å²) < 4.78 is 22.8. The topological polar surface area (TPSA) is 54.5 Å². The van der Waals surface area contributed by atoms with E-state index in [2.05, 4.69) is 0 Å². The number of aryl methyl sites for hydroxylation is 1. The minimum absolute atomic E-state index is 0.00391. The number of hydrogen-bond donors (Lipinski definition) is 0. The molecule has 0 saturated carbocycles. The summed E-state index contributed by atoms with van der Waals surface area (Å²) in [5.41, 5.74) is 2.24. The van der Waals surface area contributed by atoms with Crippen LogP contribution in [0.5, 0.6) is 0 Å². The summed E-state index contributed by atoms with van der Waals surface area (Å²) in [6, 6.07) is 7.91. The zero-order valence-electron chi connectivity index (χ0n) is 11.3. The smallest absolute Gasteiger partial charge is 0.226 e. The van der Waals surface area contributed by atoms with E-state index in [1.54, 1.807) is 11.9 Å². The Hall–Kier alpha value is -1.36. The van der Waals surface area contributed by atoms with Gasteiger partial charge in [0.05, 0.1) is 17.4 Å². The fourth-order valence-electron chi connectivity index (χ4n) is 2.42. The molecule has 0 aliphatic carbocycles. The minimum Gasteiger partial charge on any atom is -0.341 e. The molecule has 1 aliphatic rings. The van der Waals surface area contributed by atoms with Gasteiger partial charge in [-0.3, -0.25) is 4.79 Å². The molecule has 1 fully saturated rings. The van der Waals surface area contributed by atoms with Crippen LogP contribution in [0, 0.1) is 12.8 Å². The van der Waals surface area contributed by atoms with Gasteiger partial charge in [0.1, 0.15) is 0 Å². The maximum atomic E-state index is 12.2. The molecule has 1 unspecified atom stereocenters. The first kappa shape index (κ1) is 14.1. The van der Waals surface area contributed by atoms with Crippen molar-refractivity contribution in [2.24, 2.45) is 5.92 Å². The zero-order chi connectivity index (χ0) is 14.0. The summed E-state index contributed by atoms with van der Waals surface area (Å²) in [4.78, 5) is 13.8. The molecule has 0 radical (unpaired) electrons. The highest BCUT2D eigenvalue weighted by Crippen LogP contribution is 2.21. The predicted octanol–water partition coefficient (Wildman–Crippen LogP) is 1.39. The van der Waals surface area contributed by atoms with Gasteiger partial charge in [-0.15, -0.1) is 0 Å². The summed E-state index contributed by atoms with van der Waals surface area (Å²) in [7, 11) is -1.27. The second kappa shape index (κ2) is 5.33. The highest BCUT2D eigenvalue weighted by molar-refractivity contribution is 7.91. The monoisotopic (exact) mass is 281 g/mol. The first-order valence-corrected chi connectivity index (χ1v) is 8.21. The van der Waals surface area contributed by atoms with E-state index in [0.29, 0.717) is 13.0 Å². The summed E-state index contributed by atoms with van der Waals surface area (Å²) in [6.45, 7) is 2.54. The van der Waals surface area contributed by atoms with Gasteiger partial charge in [-0.25, -0.2) is 8.42 Å². The van der Waals surface area contributed by atoms with Gasteiger partial charge >= 0.3 is 0 Å². The van der Waals surface area contributed by atoms with E-state index in [-0.39, 0.29) is 23.3 Å². The van der Waals surface area contributed by atoms with Crippen LogP contribution in [0.25, 0.3) is 0 Å². The van der Waals surface area contributed by atoms with Crippen LogP contribution in [0.15, 0.2) is 24.3 Å². The van der Waals surface area contributed by atoms with E-state index in [0.717, 1.165) is 11.1 Å². The Morgan fingerprint density at radius 2 is 2.05 bits per heavy atom. The van der Waals surface area contributed by atoms with Crippen molar-refractivity contribution in [2.45, 2.75) is 19.9 Å². The van der Waals surface area contributed by atoms with Crippen LogP contribution in [0.4, 0.5) is 0 Å². The van der Waals surface area contributed by atoms with Crippen LogP contribution >= 0.6 is 0 Å². The molecular weight excluding hydrogens is 262 g/mol. The van der Waals surface area contributed by atoms with E-state index in [1.165, 1.54) is 0 Å². The molecule has 104 valence electrons. The molecule has 1 aromatic rings. The third kappa shape index (κ3) is 3.35. The Morgan fingerprint density at radius 3 is 2.63 bits per heavy atom. The number of sulfone groups is 1. The Bertz CT molecular complexity index is 580. The number of rotatable bonds is 3. The molecule has 1 amide bonds. The van der Waals surface area contributed by atoms with Crippen LogP contribution in [-0.2, 0) is 21.2 Å². The number of carbonyl (C=O) groups excluding carboxylic acids is 1. The van der Waals surface area contributed by atoms with Crippen LogP contribution in [0.1, 0.15) is 17.5 Å². The lowest BCUT2D eigenvalue weighted by Crippen LogP contribution is -2.33. The van der Waals surface area contributed by atoms with Crippen LogP contribution < -0.4 is 0 Å². The van der Waals surface area contributed by atoms with E-state index >= 15 is 0 Å². The third-order valence-electron chi connectivity index (χ3n) is 3.63. The molecule has 0 aromatic heterocycles. The Balaban J connectivity index is 2.03. The van der Waals surface area contributed by atoms with E-state index in [4.69, 9.17) is 0 Å². The average Bonchev–Trinajstić information content (AvgIpc) is 2.71. The zero-order valence-corrected chi connectivity index (χ0v) is 12.1. The lowest BCUT2D eigenvalue weighted by Gasteiger charge is -2.21. The van der Waals surface area contributed by atoms with Crippen molar-refractivity contribution in [1.29, 1.82) is 0 Å². The van der Waals surface area contributed by atoms with E-state index in [1.807, 2.05) is 31.2 Å². The molecule has 5 heteroatoms. The van der Waals surface area contributed by atoms with Gasteiger partial charge in [0.25, 0.3) is 0 Å². The van der Waals surface area contributed by atoms with Crippen LogP contribution in [0.3, 0.4) is 0 Å². The maximum absolute atomic E-state index is 12.2. The highest BCUT2D eigenvalue weighted by atomic mass is 32.2. The Labute approximate surface area is 114 Å². The molecule has 4 nitrogen and oxygen atoms in total. The molecule has 0 N–H and O–H groups in total. The average molecular weight is 281 g/mol. The lowest BCUT2D eigenvalue weighted by molar-refractivity contribution is -0.133. The summed E-state index contributed by atoms with van der Waals surface area (Å²) in [5.74, 6) is -0.283. The van der Waals surface area contributed by atoms with Crippen molar-refractivity contribution >= 4 is 15.7 Å². The molecule has 1 saturated heterocycles. The molecule has 0 spiro atoms. The SMILES string of the molecule is Cc1ccccc1CN(C)C(=O)C1CCS(=O)(=O)C1. The molecule has 1 heterocycles. The van der Waals surface area contributed by atoms with Crippen molar-refractivity contribution < 1.29 is 13.2 Å².